The third-order valence-corrected chi connectivity index (χ3v) is 3.32. The molecule has 1 aromatic rings. The van der Waals surface area contributed by atoms with Gasteiger partial charge in [0, 0.05) is 6.20 Å². The van der Waals surface area contributed by atoms with Gasteiger partial charge in [-0.2, -0.15) is 0 Å². The van der Waals surface area contributed by atoms with Crippen LogP contribution in [0.3, 0.4) is 0 Å². The highest BCUT2D eigenvalue weighted by molar-refractivity contribution is 14.1. The Morgan fingerprint density at radius 1 is 1.77 bits per heavy atom. The predicted octanol–water partition coefficient (Wildman–Crippen LogP) is 1.35. The van der Waals surface area contributed by atoms with Crippen LogP contribution in [-0.2, 0) is 9.53 Å². The molecule has 0 saturated carbocycles. The van der Waals surface area contributed by atoms with Gasteiger partial charge >= 0.3 is 5.97 Å². The number of methoxy groups -OCH3 is 1. The second-order valence-electron chi connectivity index (χ2n) is 2.04. The largest absolute Gasteiger partial charge is 0.468 e. The second-order valence-corrected chi connectivity index (χ2v) is 4.17. The van der Waals surface area contributed by atoms with E-state index in [-0.39, 0.29) is 11.7 Å². The maximum absolute atomic E-state index is 10.8. The molecule has 6 heteroatoms. The number of hydrogen-bond donors (Lipinski definition) is 0. The summed E-state index contributed by atoms with van der Waals surface area (Å²) in [5.41, 5.74) is 0. The van der Waals surface area contributed by atoms with Gasteiger partial charge in [-0.25, -0.2) is 9.97 Å². The number of esters is 1. The first-order chi connectivity index (χ1) is 6.24. The van der Waals surface area contributed by atoms with Crippen molar-refractivity contribution in [2.45, 2.75) is 5.03 Å². The Bertz CT molecular complexity index is 308. The molecule has 4 nitrogen and oxygen atoms in total. The number of aromatic nitrogens is 2. The number of carbonyl (C=O) groups is 1. The molecule has 0 amide bonds. The van der Waals surface area contributed by atoms with Crippen LogP contribution in [0.2, 0.25) is 0 Å². The molecule has 0 N–H and O–H groups in total. The topological polar surface area (TPSA) is 52.1 Å². The summed E-state index contributed by atoms with van der Waals surface area (Å²) in [5, 5.41) is 0.806. The van der Waals surface area contributed by atoms with Gasteiger partial charge in [-0.3, -0.25) is 4.79 Å². The van der Waals surface area contributed by atoms with Crippen molar-refractivity contribution in [1.29, 1.82) is 0 Å². The number of ether oxygens (including phenoxy) is 1. The monoisotopic (exact) mass is 310 g/mol. The third-order valence-electron chi connectivity index (χ3n) is 1.19. The van der Waals surface area contributed by atoms with Crippen LogP contribution in [0.25, 0.3) is 0 Å². The quantitative estimate of drug-likeness (QED) is 0.365. The van der Waals surface area contributed by atoms with Gasteiger partial charge in [-0.1, -0.05) is 11.8 Å². The van der Waals surface area contributed by atoms with Crippen LogP contribution in [0, 0.1) is 3.57 Å². The maximum Gasteiger partial charge on any atom is 0.316 e. The fourth-order valence-electron chi connectivity index (χ4n) is 0.594. The van der Waals surface area contributed by atoms with Crippen LogP contribution in [0.5, 0.6) is 0 Å². The number of rotatable bonds is 3. The smallest absolute Gasteiger partial charge is 0.316 e. The molecule has 1 heterocycles. The van der Waals surface area contributed by atoms with Crippen LogP contribution >= 0.6 is 34.4 Å². The minimum Gasteiger partial charge on any atom is -0.468 e. The molecule has 0 bridgehead atoms. The van der Waals surface area contributed by atoms with Gasteiger partial charge < -0.3 is 4.74 Å². The Balaban J connectivity index is 2.54. The first-order valence-corrected chi connectivity index (χ1v) is 5.45. The van der Waals surface area contributed by atoms with E-state index >= 15 is 0 Å². The average Bonchev–Trinajstić information content (AvgIpc) is 2.16. The lowest BCUT2D eigenvalue weighted by molar-refractivity contribution is -0.137. The Morgan fingerprint density at radius 2 is 2.54 bits per heavy atom. The van der Waals surface area contributed by atoms with Gasteiger partial charge in [0.2, 0.25) is 0 Å². The van der Waals surface area contributed by atoms with Crippen molar-refractivity contribution in [1.82, 2.24) is 9.97 Å². The second kappa shape index (κ2) is 5.38. The van der Waals surface area contributed by atoms with E-state index in [4.69, 9.17) is 0 Å². The molecule has 0 aliphatic carbocycles. The van der Waals surface area contributed by atoms with E-state index < -0.39 is 0 Å². The van der Waals surface area contributed by atoms with E-state index in [2.05, 4.69) is 37.3 Å². The minimum atomic E-state index is -0.251. The van der Waals surface area contributed by atoms with Gasteiger partial charge in [-0.15, -0.1) is 0 Å². The lowest BCUT2D eigenvalue weighted by Crippen LogP contribution is -2.03. The van der Waals surface area contributed by atoms with Gasteiger partial charge in [0.05, 0.1) is 16.4 Å². The van der Waals surface area contributed by atoms with Crippen molar-refractivity contribution in [3.05, 3.63) is 16.1 Å². The highest BCUT2D eigenvalue weighted by Crippen LogP contribution is 2.20. The molecule has 0 atom stereocenters. The molecule has 0 aliphatic rings. The zero-order valence-electron chi connectivity index (χ0n) is 6.86. The molecule has 0 spiro atoms. The van der Waals surface area contributed by atoms with Gasteiger partial charge in [0.15, 0.2) is 0 Å². The lowest BCUT2D eigenvalue weighted by Gasteiger charge is -2.00. The predicted molar refractivity (Wildman–Crippen MR) is 57.5 cm³/mol. The van der Waals surface area contributed by atoms with Crippen molar-refractivity contribution < 1.29 is 9.53 Å². The molecular formula is C7H7IN2O2S. The van der Waals surface area contributed by atoms with E-state index in [9.17, 15) is 4.79 Å². The molecule has 0 fully saturated rings. The molecule has 0 saturated heterocycles. The van der Waals surface area contributed by atoms with Crippen LogP contribution in [0.15, 0.2) is 17.6 Å². The van der Waals surface area contributed by atoms with Crippen LogP contribution < -0.4 is 0 Å². The Morgan fingerprint density at radius 3 is 3.15 bits per heavy atom. The maximum atomic E-state index is 10.8. The molecule has 1 aromatic heterocycles. The fourth-order valence-corrected chi connectivity index (χ4v) is 2.05. The van der Waals surface area contributed by atoms with E-state index in [1.165, 1.54) is 25.2 Å². The van der Waals surface area contributed by atoms with Crippen LogP contribution in [0.1, 0.15) is 0 Å². The zero-order valence-corrected chi connectivity index (χ0v) is 9.83. The van der Waals surface area contributed by atoms with Crippen LogP contribution in [0.4, 0.5) is 0 Å². The number of hydrogen-bond acceptors (Lipinski definition) is 5. The molecule has 70 valence electrons. The van der Waals surface area contributed by atoms with E-state index in [0.29, 0.717) is 0 Å². The fraction of sp³-hybridized carbons (Fsp3) is 0.286. The first-order valence-electron chi connectivity index (χ1n) is 3.39. The third kappa shape index (κ3) is 3.47. The summed E-state index contributed by atoms with van der Waals surface area (Å²) < 4.78 is 5.45. The Hall–Kier alpha value is -0.370. The Labute approximate surface area is 93.6 Å². The SMILES string of the molecule is COC(=O)CSc1ncncc1I. The lowest BCUT2D eigenvalue weighted by atomic mass is 10.7. The van der Waals surface area contributed by atoms with Crippen molar-refractivity contribution in [3.63, 3.8) is 0 Å². The van der Waals surface area contributed by atoms with Gasteiger partial charge in [-0.05, 0) is 22.6 Å². The van der Waals surface area contributed by atoms with Crippen LogP contribution in [-0.4, -0.2) is 28.8 Å². The van der Waals surface area contributed by atoms with E-state index in [1.54, 1.807) is 6.20 Å². The summed E-state index contributed by atoms with van der Waals surface area (Å²) in [7, 11) is 1.37. The van der Waals surface area contributed by atoms with E-state index in [1.807, 2.05) is 0 Å². The summed E-state index contributed by atoms with van der Waals surface area (Å²) in [5.74, 6) is 0.0307. The molecular weight excluding hydrogens is 303 g/mol. The van der Waals surface area contributed by atoms with Crippen molar-refractivity contribution in [3.8, 4) is 0 Å². The Kier molecular flexibility index (Phi) is 4.43. The highest BCUT2D eigenvalue weighted by atomic mass is 127. The summed E-state index contributed by atoms with van der Waals surface area (Å²) in [6, 6.07) is 0. The number of thioether (sulfide) groups is 1. The summed E-state index contributed by atoms with van der Waals surface area (Å²) in [6.07, 6.45) is 3.16. The average molecular weight is 310 g/mol. The number of carbonyl (C=O) groups excluding carboxylic acids is 1. The number of nitrogens with zero attached hydrogens (tertiary/aromatic N) is 2. The molecule has 1 rings (SSSR count). The standard InChI is InChI=1S/C7H7IN2O2S/c1-12-6(11)3-13-7-5(8)2-9-4-10-7/h2,4H,3H2,1H3. The zero-order chi connectivity index (χ0) is 9.68. The molecule has 0 unspecified atom stereocenters. The van der Waals surface area contributed by atoms with Gasteiger partial charge in [0.1, 0.15) is 11.4 Å². The molecule has 0 aliphatic heterocycles. The molecule has 0 radical (unpaired) electrons. The van der Waals surface area contributed by atoms with E-state index in [0.717, 1.165) is 8.60 Å². The normalized spacial score (nSPS) is 9.69. The minimum absolute atomic E-state index is 0.251. The highest BCUT2D eigenvalue weighted by Gasteiger charge is 2.05. The summed E-state index contributed by atoms with van der Waals surface area (Å²) >= 11 is 3.47. The van der Waals surface area contributed by atoms with Gasteiger partial charge in [0.25, 0.3) is 0 Å². The first kappa shape index (κ1) is 10.7. The van der Waals surface area contributed by atoms with Crippen molar-refractivity contribution >= 4 is 40.3 Å². The summed E-state index contributed by atoms with van der Waals surface area (Å²) in [6.45, 7) is 0. The molecule has 13 heavy (non-hydrogen) atoms. The number of halogens is 1. The van der Waals surface area contributed by atoms with Crippen molar-refractivity contribution in [2.75, 3.05) is 12.9 Å². The summed E-state index contributed by atoms with van der Waals surface area (Å²) in [4.78, 5) is 18.7. The van der Waals surface area contributed by atoms with Crippen molar-refractivity contribution in [2.24, 2.45) is 0 Å². The molecule has 0 aromatic carbocycles.